The van der Waals surface area contributed by atoms with Crippen LogP contribution in [-0.4, -0.2) is 19.8 Å². The number of nitrogens with one attached hydrogen (secondary N) is 1. The maximum atomic E-state index is 6.04. The Labute approximate surface area is 119 Å². The Morgan fingerprint density at radius 2 is 2.06 bits per heavy atom. The number of hydrogen-bond acceptors (Lipinski definition) is 2. The van der Waals surface area contributed by atoms with Crippen molar-refractivity contribution in [2.24, 2.45) is 0 Å². The molecule has 1 fully saturated rings. The van der Waals surface area contributed by atoms with Crippen LogP contribution in [-0.2, 0) is 4.74 Å². The van der Waals surface area contributed by atoms with Gasteiger partial charge in [-0.3, -0.25) is 0 Å². The van der Waals surface area contributed by atoms with Crippen LogP contribution in [0.5, 0.6) is 0 Å². The molecule has 0 aromatic heterocycles. The molecule has 1 saturated heterocycles. The van der Waals surface area contributed by atoms with Gasteiger partial charge in [-0.1, -0.05) is 23.2 Å². The monoisotopic (exact) mass is 287 g/mol. The third-order valence-electron chi connectivity index (χ3n) is 3.44. The summed E-state index contributed by atoms with van der Waals surface area (Å²) in [5.41, 5.74) is 1.15. The Bertz CT molecular complexity index is 371. The average Bonchev–Trinajstić information content (AvgIpc) is 2.81. The fourth-order valence-electron chi connectivity index (χ4n) is 2.48. The van der Waals surface area contributed by atoms with Gasteiger partial charge >= 0.3 is 0 Å². The van der Waals surface area contributed by atoms with Crippen molar-refractivity contribution in [1.82, 2.24) is 5.32 Å². The predicted octanol–water partition coefficient (Wildman–Crippen LogP) is 4.21. The van der Waals surface area contributed by atoms with E-state index in [4.69, 9.17) is 27.9 Å². The molecule has 1 aliphatic rings. The smallest absolute Gasteiger partial charge is 0.0576 e. The summed E-state index contributed by atoms with van der Waals surface area (Å²) >= 11 is 12.1. The van der Waals surface area contributed by atoms with E-state index in [1.165, 1.54) is 12.8 Å². The van der Waals surface area contributed by atoms with E-state index < -0.39 is 0 Å². The van der Waals surface area contributed by atoms with Crippen molar-refractivity contribution in [3.8, 4) is 0 Å². The van der Waals surface area contributed by atoms with E-state index in [2.05, 4.69) is 5.32 Å². The second-order valence-corrected chi connectivity index (χ2v) is 5.63. The molecule has 0 radical (unpaired) electrons. The molecule has 1 aromatic carbocycles. The van der Waals surface area contributed by atoms with E-state index in [0.29, 0.717) is 16.1 Å². The van der Waals surface area contributed by atoms with Crippen LogP contribution >= 0.6 is 23.2 Å². The minimum absolute atomic E-state index is 0.283. The van der Waals surface area contributed by atoms with E-state index in [-0.39, 0.29) is 6.04 Å². The minimum Gasteiger partial charge on any atom is -0.378 e. The highest BCUT2D eigenvalue weighted by Gasteiger charge is 2.18. The largest absolute Gasteiger partial charge is 0.378 e. The highest BCUT2D eigenvalue weighted by Crippen LogP contribution is 2.28. The highest BCUT2D eigenvalue weighted by atomic mass is 35.5. The van der Waals surface area contributed by atoms with Crippen LogP contribution in [0.1, 0.15) is 37.3 Å². The van der Waals surface area contributed by atoms with Gasteiger partial charge in [0.2, 0.25) is 0 Å². The van der Waals surface area contributed by atoms with E-state index >= 15 is 0 Å². The second-order valence-electron chi connectivity index (χ2n) is 4.76. The van der Waals surface area contributed by atoms with Crippen molar-refractivity contribution in [1.29, 1.82) is 0 Å². The molecule has 4 heteroatoms. The van der Waals surface area contributed by atoms with Gasteiger partial charge < -0.3 is 10.1 Å². The molecule has 0 saturated carbocycles. The number of ether oxygens (including phenoxy) is 1. The second kappa shape index (κ2) is 6.76. The zero-order valence-corrected chi connectivity index (χ0v) is 12.1. The number of rotatable bonds is 5. The third-order valence-corrected chi connectivity index (χ3v) is 3.87. The maximum Gasteiger partial charge on any atom is 0.0576 e. The fourth-order valence-corrected chi connectivity index (χ4v) is 3.02. The summed E-state index contributed by atoms with van der Waals surface area (Å²) < 4.78 is 5.65. The predicted molar refractivity (Wildman–Crippen MR) is 76.5 cm³/mol. The van der Waals surface area contributed by atoms with Gasteiger partial charge in [-0.2, -0.15) is 0 Å². The molecule has 2 unspecified atom stereocenters. The van der Waals surface area contributed by atoms with Gasteiger partial charge in [0.25, 0.3) is 0 Å². The lowest BCUT2D eigenvalue weighted by atomic mass is 9.99. The third kappa shape index (κ3) is 3.86. The first-order chi connectivity index (χ1) is 8.69. The van der Waals surface area contributed by atoms with Crippen molar-refractivity contribution in [2.45, 2.75) is 37.8 Å². The average molecular weight is 288 g/mol. The van der Waals surface area contributed by atoms with Crippen LogP contribution in [0.2, 0.25) is 10.0 Å². The van der Waals surface area contributed by atoms with Gasteiger partial charge in [-0.15, -0.1) is 0 Å². The van der Waals surface area contributed by atoms with Gasteiger partial charge in [0.15, 0.2) is 0 Å². The normalized spacial score (nSPS) is 21.2. The lowest BCUT2D eigenvalue weighted by Crippen LogP contribution is -2.18. The summed E-state index contributed by atoms with van der Waals surface area (Å²) in [4.78, 5) is 0. The summed E-state index contributed by atoms with van der Waals surface area (Å²) in [6.45, 7) is 0.915. The molecule has 0 bridgehead atoms. The number of benzene rings is 1. The molecule has 18 heavy (non-hydrogen) atoms. The Balaban J connectivity index is 1.98. The zero-order valence-electron chi connectivity index (χ0n) is 10.6. The standard InChI is InChI=1S/C14H19Cl2NO/c1-17-14(5-4-13-3-2-6-18-13)10-7-11(15)9-12(16)8-10/h7-9,13-14,17H,2-6H2,1H3. The Morgan fingerprint density at radius 1 is 1.33 bits per heavy atom. The van der Waals surface area contributed by atoms with Gasteiger partial charge in [0.1, 0.15) is 0 Å². The van der Waals surface area contributed by atoms with Gasteiger partial charge in [-0.05, 0) is 56.5 Å². The summed E-state index contributed by atoms with van der Waals surface area (Å²) in [5, 5.41) is 4.70. The van der Waals surface area contributed by atoms with Crippen LogP contribution in [0.15, 0.2) is 18.2 Å². The summed E-state index contributed by atoms with van der Waals surface area (Å²) in [5.74, 6) is 0. The maximum absolute atomic E-state index is 6.04. The van der Waals surface area contributed by atoms with Crippen molar-refractivity contribution >= 4 is 23.2 Å². The fraction of sp³-hybridized carbons (Fsp3) is 0.571. The summed E-state index contributed by atoms with van der Waals surface area (Å²) in [6, 6.07) is 6.00. The first-order valence-corrected chi connectivity index (χ1v) is 7.19. The van der Waals surface area contributed by atoms with Crippen molar-refractivity contribution < 1.29 is 4.74 Å². The summed E-state index contributed by atoms with van der Waals surface area (Å²) in [6.07, 6.45) is 4.92. The van der Waals surface area contributed by atoms with Crippen LogP contribution in [0, 0.1) is 0 Å². The molecule has 2 atom stereocenters. The topological polar surface area (TPSA) is 21.3 Å². The molecule has 2 rings (SSSR count). The Morgan fingerprint density at radius 3 is 2.61 bits per heavy atom. The highest BCUT2D eigenvalue weighted by molar-refractivity contribution is 6.34. The Hall–Kier alpha value is -0.280. The van der Waals surface area contributed by atoms with Crippen LogP contribution in [0.3, 0.4) is 0 Å². The van der Waals surface area contributed by atoms with E-state index in [0.717, 1.165) is 25.0 Å². The lowest BCUT2D eigenvalue weighted by Gasteiger charge is -2.19. The molecular formula is C14H19Cl2NO. The molecular weight excluding hydrogens is 269 g/mol. The van der Waals surface area contributed by atoms with Crippen LogP contribution < -0.4 is 5.32 Å². The zero-order chi connectivity index (χ0) is 13.0. The molecule has 100 valence electrons. The minimum atomic E-state index is 0.283. The van der Waals surface area contributed by atoms with E-state index in [9.17, 15) is 0 Å². The number of hydrogen-bond donors (Lipinski definition) is 1. The van der Waals surface area contributed by atoms with Crippen LogP contribution in [0.25, 0.3) is 0 Å². The molecule has 1 aromatic rings. The number of halogens is 2. The lowest BCUT2D eigenvalue weighted by molar-refractivity contribution is 0.0998. The van der Waals surface area contributed by atoms with Crippen molar-refractivity contribution in [2.75, 3.05) is 13.7 Å². The molecule has 1 N–H and O–H groups in total. The molecule has 0 spiro atoms. The molecule has 1 aliphatic heterocycles. The van der Waals surface area contributed by atoms with Gasteiger partial charge in [0, 0.05) is 22.7 Å². The molecule has 0 amide bonds. The van der Waals surface area contributed by atoms with Gasteiger partial charge in [0.05, 0.1) is 6.10 Å². The SMILES string of the molecule is CNC(CCC1CCCO1)c1cc(Cl)cc(Cl)c1. The quantitative estimate of drug-likeness (QED) is 0.876. The van der Waals surface area contributed by atoms with E-state index in [1.807, 2.05) is 19.2 Å². The summed E-state index contributed by atoms with van der Waals surface area (Å²) in [7, 11) is 1.97. The van der Waals surface area contributed by atoms with E-state index in [1.54, 1.807) is 6.07 Å². The molecule has 2 nitrogen and oxygen atoms in total. The first kappa shape index (κ1) is 14.1. The van der Waals surface area contributed by atoms with Gasteiger partial charge in [-0.25, -0.2) is 0 Å². The Kier molecular flexibility index (Phi) is 5.31. The first-order valence-electron chi connectivity index (χ1n) is 6.44. The van der Waals surface area contributed by atoms with Crippen LogP contribution in [0.4, 0.5) is 0 Å². The van der Waals surface area contributed by atoms with Crippen molar-refractivity contribution in [3.05, 3.63) is 33.8 Å². The molecule has 0 aliphatic carbocycles. The molecule has 1 heterocycles. The van der Waals surface area contributed by atoms with Crippen molar-refractivity contribution in [3.63, 3.8) is 0 Å².